The average molecular weight is 239 g/mol. The van der Waals surface area contributed by atoms with Crippen molar-refractivity contribution in [1.29, 1.82) is 0 Å². The van der Waals surface area contributed by atoms with Gasteiger partial charge >= 0.3 is 0 Å². The van der Waals surface area contributed by atoms with E-state index in [2.05, 4.69) is 25.7 Å². The Hall–Kier alpha value is -1.82. The van der Waals surface area contributed by atoms with Gasteiger partial charge in [0.15, 0.2) is 5.82 Å². The summed E-state index contributed by atoms with van der Waals surface area (Å²) in [5, 5.41) is 10.5. The molecule has 0 bridgehead atoms. The Bertz CT molecular complexity index is 494. The second-order valence-electron chi connectivity index (χ2n) is 3.14. The van der Waals surface area contributed by atoms with E-state index in [4.69, 9.17) is 11.6 Å². The Kier molecular flexibility index (Phi) is 2.91. The fraction of sp³-hybridized carbons (Fsp3) is 0.222. The second kappa shape index (κ2) is 4.36. The maximum Gasteiger partial charge on any atom is 0.230 e. The molecule has 2 N–H and O–H groups in total. The first-order chi connectivity index (χ1) is 7.69. The van der Waals surface area contributed by atoms with Crippen molar-refractivity contribution in [2.75, 3.05) is 17.7 Å². The van der Waals surface area contributed by atoms with Gasteiger partial charge in [0.2, 0.25) is 5.95 Å². The molecule has 0 atom stereocenters. The molecule has 0 amide bonds. The Morgan fingerprint density at radius 2 is 2.25 bits per heavy atom. The number of anilines is 3. The van der Waals surface area contributed by atoms with Crippen LogP contribution in [0.3, 0.4) is 0 Å². The first-order valence-electron chi connectivity index (χ1n) is 4.66. The van der Waals surface area contributed by atoms with Crippen LogP contribution in [-0.2, 0) is 7.05 Å². The lowest BCUT2D eigenvalue weighted by Gasteiger charge is -2.05. The minimum absolute atomic E-state index is 0.451. The minimum atomic E-state index is 0.451. The molecule has 2 rings (SSSR count). The molecule has 2 heterocycles. The smallest absolute Gasteiger partial charge is 0.230 e. The van der Waals surface area contributed by atoms with Crippen molar-refractivity contribution in [2.24, 2.45) is 7.05 Å². The molecule has 84 valence electrons. The molecule has 0 fully saturated rings. The standard InChI is InChI=1S/C9H11ClN6/c1-11-8-6(10)5-12-9(14-8)13-7-3-4-16(2)15-7/h3-5H,1-2H3,(H2,11,12,13,14,15). The number of hydrogen-bond donors (Lipinski definition) is 2. The van der Waals surface area contributed by atoms with E-state index in [0.717, 1.165) is 0 Å². The number of aryl methyl sites for hydroxylation is 1. The first-order valence-corrected chi connectivity index (χ1v) is 5.04. The van der Waals surface area contributed by atoms with Crippen molar-refractivity contribution >= 4 is 29.2 Å². The number of nitrogens with zero attached hydrogens (tertiary/aromatic N) is 4. The molecule has 16 heavy (non-hydrogen) atoms. The van der Waals surface area contributed by atoms with E-state index in [9.17, 15) is 0 Å². The van der Waals surface area contributed by atoms with Crippen LogP contribution in [0.1, 0.15) is 0 Å². The van der Waals surface area contributed by atoms with Crippen LogP contribution in [-0.4, -0.2) is 26.8 Å². The van der Waals surface area contributed by atoms with Crippen LogP contribution in [0.2, 0.25) is 5.02 Å². The molecule has 6 nitrogen and oxygen atoms in total. The Morgan fingerprint density at radius 1 is 1.44 bits per heavy atom. The average Bonchev–Trinajstić information content (AvgIpc) is 2.67. The fourth-order valence-electron chi connectivity index (χ4n) is 1.20. The summed E-state index contributed by atoms with van der Waals surface area (Å²) in [6, 6.07) is 1.83. The maximum absolute atomic E-state index is 5.87. The molecular weight excluding hydrogens is 228 g/mol. The molecule has 0 saturated carbocycles. The summed E-state index contributed by atoms with van der Waals surface area (Å²) in [5.41, 5.74) is 0. The fourth-order valence-corrected chi connectivity index (χ4v) is 1.38. The lowest BCUT2D eigenvalue weighted by molar-refractivity contribution is 0.771. The van der Waals surface area contributed by atoms with Crippen LogP contribution >= 0.6 is 11.6 Å². The third-order valence-electron chi connectivity index (χ3n) is 1.93. The van der Waals surface area contributed by atoms with Crippen LogP contribution in [0.15, 0.2) is 18.5 Å². The normalized spacial score (nSPS) is 10.2. The van der Waals surface area contributed by atoms with Crippen LogP contribution in [0.4, 0.5) is 17.6 Å². The van der Waals surface area contributed by atoms with Crippen molar-refractivity contribution in [3.05, 3.63) is 23.5 Å². The summed E-state index contributed by atoms with van der Waals surface area (Å²) in [5.74, 6) is 1.72. The van der Waals surface area contributed by atoms with Gasteiger partial charge in [-0.15, -0.1) is 0 Å². The van der Waals surface area contributed by atoms with Crippen molar-refractivity contribution < 1.29 is 0 Å². The zero-order valence-corrected chi connectivity index (χ0v) is 9.65. The predicted octanol–water partition coefficient (Wildman–Crippen LogP) is 1.65. The molecule has 0 saturated heterocycles. The summed E-state index contributed by atoms with van der Waals surface area (Å²) >= 11 is 5.87. The molecule has 0 aliphatic carbocycles. The quantitative estimate of drug-likeness (QED) is 0.851. The van der Waals surface area contributed by atoms with Gasteiger partial charge in [-0.1, -0.05) is 11.6 Å². The van der Waals surface area contributed by atoms with Crippen LogP contribution in [0, 0.1) is 0 Å². The third-order valence-corrected chi connectivity index (χ3v) is 2.21. The van der Waals surface area contributed by atoms with Gasteiger partial charge < -0.3 is 10.6 Å². The summed E-state index contributed by atoms with van der Waals surface area (Å²) in [6.07, 6.45) is 3.36. The molecule has 0 spiro atoms. The highest BCUT2D eigenvalue weighted by Crippen LogP contribution is 2.19. The van der Waals surface area contributed by atoms with E-state index in [1.807, 2.05) is 19.3 Å². The number of hydrogen-bond acceptors (Lipinski definition) is 5. The van der Waals surface area contributed by atoms with Crippen molar-refractivity contribution in [3.8, 4) is 0 Å². The van der Waals surface area contributed by atoms with Crippen LogP contribution in [0.25, 0.3) is 0 Å². The number of nitrogens with one attached hydrogen (secondary N) is 2. The van der Waals surface area contributed by atoms with Gasteiger partial charge in [0.1, 0.15) is 10.8 Å². The van der Waals surface area contributed by atoms with Crippen molar-refractivity contribution in [2.45, 2.75) is 0 Å². The second-order valence-corrected chi connectivity index (χ2v) is 3.55. The van der Waals surface area contributed by atoms with E-state index < -0.39 is 0 Å². The van der Waals surface area contributed by atoms with Gasteiger partial charge in [-0.05, 0) is 0 Å². The molecule has 0 aliphatic rings. The van der Waals surface area contributed by atoms with E-state index in [1.165, 1.54) is 6.20 Å². The summed E-state index contributed by atoms with van der Waals surface area (Å²) in [6.45, 7) is 0. The monoisotopic (exact) mass is 238 g/mol. The van der Waals surface area contributed by atoms with Gasteiger partial charge in [0.25, 0.3) is 0 Å². The Morgan fingerprint density at radius 3 is 2.88 bits per heavy atom. The molecule has 0 unspecified atom stereocenters. The first kappa shape index (κ1) is 10.7. The molecule has 2 aromatic heterocycles. The van der Waals surface area contributed by atoms with Gasteiger partial charge in [0.05, 0.1) is 6.20 Å². The molecule has 7 heteroatoms. The topological polar surface area (TPSA) is 67.7 Å². The minimum Gasteiger partial charge on any atom is -0.372 e. The molecule has 0 aromatic carbocycles. The van der Waals surface area contributed by atoms with E-state index in [0.29, 0.717) is 22.6 Å². The van der Waals surface area contributed by atoms with Gasteiger partial charge in [0, 0.05) is 26.4 Å². The van der Waals surface area contributed by atoms with E-state index in [-0.39, 0.29) is 0 Å². The Balaban J connectivity index is 2.21. The van der Waals surface area contributed by atoms with Gasteiger partial charge in [-0.2, -0.15) is 10.1 Å². The van der Waals surface area contributed by atoms with Gasteiger partial charge in [-0.3, -0.25) is 4.68 Å². The highest BCUT2D eigenvalue weighted by Gasteiger charge is 2.04. The van der Waals surface area contributed by atoms with Crippen LogP contribution in [0.5, 0.6) is 0 Å². The van der Waals surface area contributed by atoms with Crippen molar-refractivity contribution in [3.63, 3.8) is 0 Å². The number of rotatable bonds is 3. The van der Waals surface area contributed by atoms with Gasteiger partial charge in [-0.25, -0.2) is 4.98 Å². The van der Waals surface area contributed by atoms with Crippen molar-refractivity contribution in [1.82, 2.24) is 19.7 Å². The molecule has 2 aromatic rings. The largest absolute Gasteiger partial charge is 0.372 e. The van der Waals surface area contributed by atoms with E-state index >= 15 is 0 Å². The highest BCUT2D eigenvalue weighted by molar-refractivity contribution is 6.32. The Labute approximate surface area is 97.7 Å². The summed E-state index contributed by atoms with van der Waals surface area (Å²) < 4.78 is 1.69. The van der Waals surface area contributed by atoms with Crippen LogP contribution < -0.4 is 10.6 Å². The SMILES string of the molecule is CNc1nc(Nc2ccn(C)n2)ncc1Cl. The summed E-state index contributed by atoms with van der Waals surface area (Å²) in [7, 11) is 3.59. The molecule has 0 radical (unpaired) electrons. The summed E-state index contributed by atoms with van der Waals surface area (Å²) in [4.78, 5) is 8.23. The van der Waals surface area contributed by atoms with E-state index in [1.54, 1.807) is 11.7 Å². The zero-order valence-electron chi connectivity index (χ0n) is 8.90. The lowest BCUT2D eigenvalue weighted by Crippen LogP contribution is -2.01. The molecule has 0 aliphatic heterocycles. The number of halogens is 1. The predicted molar refractivity (Wildman–Crippen MR) is 63.1 cm³/mol. The molecular formula is C9H11ClN6. The third kappa shape index (κ3) is 2.22. The lowest BCUT2D eigenvalue weighted by atomic mass is 10.5. The maximum atomic E-state index is 5.87. The zero-order chi connectivity index (χ0) is 11.5. The highest BCUT2D eigenvalue weighted by atomic mass is 35.5. The number of aromatic nitrogens is 4.